The van der Waals surface area contributed by atoms with Crippen LogP contribution in [0.4, 0.5) is 0 Å². The summed E-state index contributed by atoms with van der Waals surface area (Å²) in [7, 11) is 0. The minimum absolute atomic E-state index is 0.721. The van der Waals surface area contributed by atoms with Crippen molar-refractivity contribution < 1.29 is 0 Å². The van der Waals surface area contributed by atoms with Crippen LogP contribution in [0, 0.1) is 6.92 Å². The summed E-state index contributed by atoms with van der Waals surface area (Å²) in [5, 5.41) is 3.20. The van der Waals surface area contributed by atoms with Gasteiger partial charge in [0, 0.05) is 59.2 Å². The summed E-state index contributed by atoms with van der Waals surface area (Å²) in [5.74, 6) is 0.764. The lowest BCUT2D eigenvalue weighted by Gasteiger charge is -2.29. The van der Waals surface area contributed by atoms with Crippen LogP contribution in [0.1, 0.15) is 22.4 Å². The molecule has 0 saturated heterocycles. The van der Waals surface area contributed by atoms with Crippen LogP contribution in [0.25, 0.3) is 33.2 Å². The van der Waals surface area contributed by atoms with E-state index in [0.717, 1.165) is 59.2 Å². The maximum Gasteiger partial charge on any atom is 0.159 e. The lowest BCUT2D eigenvalue weighted by atomic mass is 9.99. The number of rotatable bonds is 3. The van der Waals surface area contributed by atoms with Gasteiger partial charge in [-0.25, -0.2) is 15.0 Å². The molecular formula is C28H23ClN4. The molecule has 33 heavy (non-hydrogen) atoms. The first kappa shape index (κ1) is 20.3. The van der Waals surface area contributed by atoms with Crippen molar-refractivity contribution in [1.29, 1.82) is 0 Å². The van der Waals surface area contributed by atoms with Crippen molar-refractivity contribution in [3.8, 4) is 11.4 Å². The number of para-hydroxylation sites is 1. The van der Waals surface area contributed by atoms with Crippen LogP contribution in [0.15, 0.2) is 72.9 Å². The first-order valence-electron chi connectivity index (χ1n) is 11.2. The highest BCUT2D eigenvalue weighted by Gasteiger charge is 2.21. The van der Waals surface area contributed by atoms with E-state index >= 15 is 0 Å². The minimum Gasteiger partial charge on any atom is -0.294 e. The van der Waals surface area contributed by atoms with E-state index in [1.807, 2.05) is 30.5 Å². The van der Waals surface area contributed by atoms with Crippen LogP contribution in [-0.4, -0.2) is 26.4 Å². The number of pyridine rings is 1. The van der Waals surface area contributed by atoms with Gasteiger partial charge in [-0.15, -0.1) is 0 Å². The van der Waals surface area contributed by atoms with Gasteiger partial charge in [0.1, 0.15) is 0 Å². The number of aryl methyl sites for hydroxylation is 1. The SMILES string of the molecule is Cc1ccc2nc3ccccc3c(CN3CCc4nc(-c5ccc(Cl)cc5)ncc4C3)c2c1. The fourth-order valence-electron chi connectivity index (χ4n) is 4.73. The van der Waals surface area contributed by atoms with Gasteiger partial charge in [0.05, 0.1) is 16.7 Å². The van der Waals surface area contributed by atoms with Crippen LogP contribution in [0.3, 0.4) is 0 Å². The molecule has 3 heterocycles. The van der Waals surface area contributed by atoms with Crippen LogP contribution < -0.4 is 0 Å². The van der Waals surface area contributed by atoms with Crippen molar-refractivity contribution in [3.05, 3.63) is 100 Å². The van der Waals surface area contributed by atoms with E-state index in [0.29, 0.717) is 0 Å². The topological polar surface area (TPSA) is 41.9 Å². The van der Waals surface area contributed by atoms with Gasteiger partial charge in [-0.05, 0) is 55.0 Å². The Morgan fingerprint density at radius 3 is 2.61 bits per heavy atom. The summed E-state index contributed by atoms with van der Waals surface area (Å²) < 4.78 is 0. The third-order valence-electron chi connectivity index (χ3n) is 6.44. The van der Waals surface area contributed by atoms with Gasteiger partial charge in [-0.2, -0.15) is 0 Å². The number of benzene rings is 3. The molecule has 162 valence electrons. The molecular weight excluding hydrogens is 428 g/mol. The van der Waals surface area contributed by atoms with Crippen molar-refractivity contribution in [2.45, 2.75) is 26.4 Å². The van der Waals surface area contributed by atoms with Crippen molar-refractivity contribution in [2.24, 2.45) is 0 Å². The van der Waals surface area contributed by atoms with Gasteiger partial charge in [0.2, 0.25) is 0 Å². The standard InChI is InChI=1S/C28H23ClN4/c1-18-6-11-27-23(14-18)24(22-4-2-3-5-26(22)31-27)17-33-13-12-25-20(16-33)15-30-28(32-25)19-7-9-21(29)10-8-19/h2-11,14-15H,12-13,16-17H2,1H3. The highest BCUT2D eigenvalue weighted by Crippen LogP contribution is 2.30. The molecule has 0 saturated carbocycles. The molecule has 5 heteroatoms. The van der Waals surface area contributed by atoms with Gasteiger partial charge < -0.3 is 0 Å². The largest absolute Gasteiger partial charge is 0.294 e. The Hall–Kier alpha value is -3.34. The summed E-state index contributed by atoms with van der Waals surface area (Å²) in [4.78, 5) is 16.9. The monoisotopic (exact) mass is 450 g/mol. The Morgan fingerprint density at radius 2 is 1.73 bits per heavy atom. The summed E-state index contributed by atoms with van der Waals surface area (Å²) in [5.41, 5.74) is 8.06. The third-order valence-corrected chi connectivity index (χ3v) is 6.70. The number of hydrogen-bond acceptors (Lipinski definition) is 4. The molecule has 0 atom stereocenters. The van der Waals surface area contributed by atoms with Crippen molar-refractivity contribution in [1.82, 2.24) is 19.9 Å². The van der Waals surface area contributed by atoms with Crippen LogP contribution in [0.5, 0.6) is 0 Å². The molecule has 0 N–H and O–H groups in total. The molecule has 0 spiro atoms. The molecule has 0 unspecified atom stereocenters. The van der Waals surface area contributed by atoms with E-state index in [4.69, 9.17) is 21.6 Å². The third kappa shape index (κ3) is 3.86. The zero-order chi connectivity index (χ0) is 22.4. The van der Waals surface area contributed by atoms with Gasteiger partial charge in [-0.1, -0.05) is 41.4 Å². The quantitative estimate of drug-likeness (QED) is 0.300. The van der Waals surface area contributed by atoms with Gasteiger partial charge in [-0.3, -0.25) is 4.90 Å². The molecule has 4 nitrogen and oxygen atoms in total. The normalized spacial score (nSPS) is 14.0. The van der Waals surface area contributed by atoms with Crippen LogP contribution in [0.2, 0.25) is 5.02 Å². The van der Waals surface area contributed by atoms with Gasteiger partial charge >= 0.3 is 0 Å². The highest BCUT2D eigenvalue weighted by molar-refractivity contribution is 6.30. The predicted octanol–water partition coefficient (Wildman–Crippen LogP) is 6.37. The molecule has 0 bridgehead atoms. The second-order valence-electron chi connectivity index (χ2n) is 8.76. The van der Waals surface area contributed by atoms with Crippen molar-refractivity contribution >= 4 is 33.4 Å². The summed E-state index contributed by atoms with van der Waals surface area (Å²) in [6.07, 6.45) is 2.91. The average Bonchev–Trinajstić information content (AvgIpc) is 2.84. The minimum atomic E-state index is 0.721. The molecule has 0 fully saturated rings. The Kier molecular flexibility index (Phi) is 5.05. The highest BCUT2D eigenvalue weighted by atomic mass is 35.5. The lowest BCUT2D eigenvalue weighted by Crippen LogP contribution is -2.31. The summed E-state index contributed by atoms with van der Waals surface area (Å²) in [6.45, 7) is 4.83. The van der Waals surface area contributed by atoms with Crippen molar-refractivity contribution in [3.63, 3.8) is 0 Å². The Balaban J connectivity index is 1.33. The van der Waals surface area contributed by atoms with Gasteiger partial charge in [0.25, 0.3) is 0 Å². The van der Waals surface area contributed by atoms with Crippen LogP contribution >= 0.6 is 11.6 Å². The smallest absolute Gasteiger partial charge is 0.159 e. The molecule has 0 radical (unpaired) electrons. The second kappa shape index (κ2) is 8.22. The Morgan fingerprint density at radius 1 is 0.909 bits per heavy atom. The number of halogens is 1. The molecule has 1 aliphatic rings. The lowest BCUT2D eigenvalue weighted by molar-refractivity contribution is 0.244. The maximum absolute atomic E-state index is 6.03. The summed E-state index contributed by atoms with van der Waals surface area (Å²) in [6, 6.07) is 22.7. The molecule has 1 aliphatic heterocycles. The molecule has 2 aromatic heterocycles. The van der Waals surface area contributed by atoms with E-state index in [1.54, 1.807) is 0 Å². The zero-order valence-electron chi connectivity index (χ0n) is 18.4. The fourth-order valence-corrected chi connectivity index (χ4v) is 4.86. The number of hydrogen-bond donors (Lipinski definition) is 0. The molecule has 3 aromatic carbocycles. The zero-order valence-corrected chi connectivity index (χ0v) is 19.2. The molecule has 6 rings (SSSR count). The Labute approximate surface area is 197 Å². The Bertz CT molecular complexity index is 1490. The first-order valence-corrected chi connectivity index (χ1v) is 11.6. The number of nitrogens with zero attached hydrogens (tertiary/aromatic N) is 4. The maximum atomic E-state index is 6.03. The van der Waals surface area contributed by atoms with E-state index in [9.17, 15) is 0 Å². The summed E-state index contributed by atoms with van der Waals surface area (Å²) >= 11 is 6.03. The molecule has 0 amide bonds. The fraction of sp³-hybridized carbons (Fsp3) is 0.179. The average molecular weight is 451 g/mol. The van der Waals surface area contributed by atoms with E-state index in [2.05, 4.69) is 59.3 Å². The first-order chi connectivity index (χ1) is 16.1. The van der Waals surface area contributed by atoms with Crippen molar-refractivity contribution in [2.75, 3.05) is 6.54 Å². The van der Waals surface area contributed by atoms with E-state index in [1.165, 1.54) is 27.5 Å². The predicted molar refractivity (Wildman–Crippen MR) is 134 cm³/mol. The van der Waals surface area contributed by atoms with E-state index < -0.39 is 0 Å². The second-order valence-corrected chi connectivity index (χ2v) is 9.20. The molecule has 5 aromatic rings. The number of aromatic nitrogens is 3. The molecule has 0 aliphatic carbocycles. The van der Waals surface area contributed by atoms with Crippen LogP contribution in [-0.2, 0) is 19.5 Å². The van der Waals surface area contributed by atoms with E-state index in [-0.39, 0.29) is 0 Å². The van der Waals surface area contributed by atoms with Gasteiger partial charge in [0.15, 0.2) is 5.82 Å². The number of fused-ring (bicyclic) bond motifs is 3.